The first-order valence-electron chi connectivity index (χ1n) is 5.07. The second kappa shape index (κ2) is 2.46. The highest BCUT2D eigenvalue weighted by molar-refractivity contribution is 5.10. The predicted molar refractivity (Wildman–Crippen MR) is 51.0 cm³/mol. The van der Waals surface area contributed by atoms with Crippen molar-refractivity contribution < 1.29 is 0 Å². The molecule has 1 atom stereocenters. The van der Waals surface area contributed by atoms with Crippen molar-refractivity contribution in [1.82, 2.24) is 5.32 Å². The second-order valence-corrected chi connectivity index (χ2v) is 5.02. The van der Waals surface area contributed by atoms with Crippen molar-refractivity contribution >= 4 is 0 Å². The number of rotatable bonds is 4. The van der Waals surface area contributed by atoms with E-state index in [4.69, 9.17) is 5.73 Å². The predicted octanol–water partition coefficient (Wildman–Crippen LogP) is 1.26. The Balaban J connectivity index is 2.01. The van der Waals surface area contributed by atoms with Crippen LogP contribution >= 0.6 is 0 Å². The van der Waals surface area contributed by atoms with Crippen molar-refractivity contribution in [3.05, 3.63) is 0 Å². The van der Waals surface area contributed by atoms with Crippen molar-refractivity contribution in [3.63, 3.8) is 0 Å². The van der Waals surface area contributed by atoms with Gasteiger partial charge in [0.15, 0.2) is 0 Å². The number of nitrogens with one attached hydrogen (secondary N) is 1. The highest BCUT2D eigenvalue weighted by Gasteiger charge is 2.53. The summed E-state index contributed by atoms with van der Waals surface area (Å²) in [5, 5.41) is 3.69. The van der Waals surface area contributed by atoms with Crippen LogP contribution in [0, 0.1) is 5.41 Å². The molecule has 0 aliphatic heterocycles. The molecule has 0 aromatic heterocycles. The van der Waals surface area contributed by atoms with Crippen LogP contribution in [0.15, 0.2) is 0 Å². The number of hydrogen-bond acceptors (Lipinski definition) is 2. The summed E-state index contributed by atoms with van der Waals surface area (Å²) in [5.74, 6) is 0. The van der Waals surface area contributed by atoms with Gasteiger partial charge in [0, 0.05) is 18.1 Å². The van der Waals surface area contributed by atoms with E-state index < -0.39 is 0 Å². The van der Waals surface area contributed by atoms with Gasteiger partial charge in [-0.3, -0.25) is 0 Å². The molecule has 2 rings (SSSR count). The fraction of sp³-hybridized carbons (Fsp3) is 1.00. The van der Waals surface area contributed by atoms with Gasteiger partial charge in [-0.1, -0.05) is 6.92 Å². The largest absolute Gasteiger partial charge is 0.329 e. The van der Waals surface area contributed by atoms with Crippen molar-refractivity contribution in [3.8, 4) is 0 Å². The zero-order valence-corrected chi connectivity index (χ0v) is 8.19. The van der Waals surface area contributed by atoms with E-state index in [1.165, 1.54) is 25.7 Å². The lowest BCUT2D eigenvalue weighted by atomic mass is 9.83. The molecule has 0 aromatic rings. The normalized spacial score (nSPS) is 31.2. The molecule has 0 radical (unpaired) electrons. The summed E-state index contributed by atoms with van der Waals surface area (Å²) in [6, 6.07) is 0.774. The summed E-state index contributed by atoms with van der Waals surface area (Å²) in [4.78, 5) is 0. The summed E-state index contributed by atoms with van der Waals surface area (Å²) in [6.45, 7) is 5.42. The molecular weight excluding hydrogens is 148 g/mol. The molecule has 0 heterocycles. The van der Waals surface area contributed by atoms with Crippen molar-refractivity contribution in [1.29, 1.82) is 0 Å². The van der Waals surface area contributed by atoms with E-state index >= 15 is 0 Å². The van der Waals surface area contributed by atoms with Crippen LogP contribution in [-0.2, 0) is 0 Å². The summed E-state index contributed by atoms with van der Waals surface area (Å²) >= 11 is 0. The molecule has 2 aliphatic carbocycles. The van der Waals surface area contributed by atoms with E-state index in [9.17, 15) is 0 Å². The van der Waals surface area contributed by atoms with Crippen molar-refractivity contribution in [2.75, 3.05) is 6.54 Å². The number of hydrogen-bond donors (Lipinski definition) is 2. The lowest BCUT2D eigenvalue weighted by Gasteiger charge is -2.36. The fourth-order valence-corrected chi connectivity index (χ4v) is 1.90. The van der Waals surface area contributed by atoms with Crippen LogP contribution in [0.25, 0.3) is 0 Å². The second-order valence-electron chi connectivity index (χ2n) is 5.02. The molecule has 1 unspecified atom stereocenters. The van der Waals surface area contributed by atoms with Gasteiger partial charge >= 0.3 is 0 Å². The molecule has 0 spiro atoms. The van der Waals surface area contributed by atoms with Crippen LogP contribution in [0.5, 0.6) is 0 Å². The molecule has 0 bridgehead atoms. The fourth-order valence-electron chi connectivity index (χ4n) is 1.90. The summed E-state index contributed by atoms with van der Waals surface area (Å²) in [6.07, 6.45) is 5.40. The van der Waals surface area contributed by atoms with E-state index in [-0.39, 0.29) is 5.54 Å². The molecule has 12 heavy (non-hydrogen) atoms. The first kappa shape index (κ1) is 8.52. The molecule has 0 amide bonds. The molecule has 70 valence electrons. The lowest BCUT2D eigenvalue weighted by Crippen LogP contribution is -2.55. The molecule has 2 fully saturated rings. The van der Waals surface area contributed by atoms with Gasteiger partial charge in [-0.2, -0.15) is 0 Å². The third-order valence-electron chi connectivity index (χ3n) is 3.84. The average molecular weight is 168 g/mol. The maximum atomic E-state index is 5.85. The third-order valence-corrected chi connectivity index (χ3v) is 3.84. The minimum absolute atomic E-state index is 0.203. The summed E-state index contributed by atoms with van der Waals surface area (Å²) in [7, 11) is 0. The maximum absolute atomic E-state index is 5.85. The zero-order chi connectivity index (χ0) is 8.82. The van der Waals surface area contributed by atoms with Gasteiger partial charge < -0.3 is 11.1 Å². The first-order valence-corrected chi connectivity index (χ1v) is 5.07. The Hall–Kier alpha value is -0.0800. The van der Waals surface area contributed by atoms with Crippen LogP contribution in [0.3, 0.4) is 0 Å². The molecule has 2 aliphatic rings. The van der Waals surface area contributed by atoms with Crippen LogP contribution < -0.4 is 11.1 Å². The monoisotopic (exact) mass is 168 g/mol. The summed E-state index contributed by atoms with van der Waals surface area (Å²) < 4.78 is 0. The Morgan fingerprint density at radius 1 is 1.50 bits per heavy atom. The Kier molecular flexibility index (Phi) is 1.74. The van der Waals surface area contributed by atoms with Gasteiger partial charge in [0.1, 0.15) is 0 Å². The Bertz CT molecular complexity index is 182. The zero-order valence-electron chi connectivity index (χ0n) is 8.19. The third kappa shape index (κ3) is 1.27. The van der Waals surface area contributed by atoms with Crippen LogP contribution in [0.4, 0.5) is 0 Å². The highest BCUT2D eigenvalue weighted by atomic mass is 15.1. The topological polar surface area (TPSA) is 38.0 Å². The van der Waals surface area contributed by atoms with E-state index in [0.29, 0.717) is 5.41 Å². The summed E-state index contributed by atoms with van der Waals surface area (Å²) in [5.41, 5.74) is 6.54. The molecule has 2 heteroatoms. The van der Waals surface area contributed by atoms with E-state index in [2.05, 4.69) is 19.2 Å². The van der Waals surface area contributed by atoms with E-state index in [1.807, 2.05) is 0 Å². The van der Waals surface area contributed by atoms with Crippen molar-refractivity contribution in [2.24, 2.45) is 11.1 Å². The van der Waals surface area contributed by atoms with E-state index in [1.54, 1.807) is 0 Å². The van der Waals surface area contributed by atoms with Gasteiger partial charge in [-0.05, 0) is 38.0 Å². The van der Waals surface area contributed by atoms with E-state index in [0.717, 1.165) is 12.6 Å². The van der Waals surface area contributed by atoms with Gasteiger partial charge in [0.05, 0.1) is 0 Å². The maximum Gasteiger partial charge on any atom is 0.0331 e. The molecule has 0 saturated heterocycles. The Morgan fingerprint density at radius 2 is 2.08 bits per heavy atom. The SMILES string of the molecule is CC1(C(C)(CN)NC2CC2)CC1. The first-order chi connectivity index (χ1) is 5.60. The van der Waals surface area contributed by atoms with Gasteiger partial charge in [0.2, 0.25) is 0 Å². The van der Waals surface area contributed by atoms with Gasteiger partial charge in [-0.25, -0.2) is 0 Å². The Labute approximate surface area is 74.9 Å². The van der Waals surface area contributed by atoms with Crippen LogP contribution in [0.1, 0.15) is 39.5 Å². The lowest BCUT2D eigenvalue weighted by molar-refractivity contribution is 0.229. The average Bonchev–Trinajstić information content (AvgIpc) is 2.88. The van der Waals surface area contributed by atoms with Gasteiger partial charge in [-0.15, -0.1) is 0 Å². The molecule has 2 saturated carbocycles. The Morgan fingerprint density at radius 3 is 2.42 bits per heavy atom. The quantitative estimate of drug-likeness (QED) is 0.663. The minimum Gasteiger partial charge on any atom is -0.329 e. The van der Waals surface area contributed by atoms with Crippen molar-refractivity contribution in [2.45, 2.75) is 51.1 Å². The van der Waals surface area contributed by atoms with Gasteiger partial charge in [0.25, 0.3) is 0 Å². The minimum atomic E-state index is 0.203. The molecule has 3 N–H and O–H groups in total. The number of nitrogens with two attached hydrogens (primary N) is 1. The molecular formula is C10H20N2. The molecule has 2 nitrogen and oxygen atoms in total. The molecule has 0 aromatic carbocycles. The van der Waals surface area contributed by atoms with Crippen LogP contribution in [0.2, 0.25) is 0 Å². The standard InChI is InChI=1S/C10H20N2/c1-9(5-6-9)10(2,7-11)12-8-3-4-8/h8,12H,3-7,11H2,1-2H3. The smallest absolute Gasteiger partial charge is 0.0331 e. The van der Waals surface area contributed by atoms with Crippen LogP contribution in [-0.4, -0.2) is 18.1 Å². The highest BCUT2D eigenvalue weighted by Crippen LogP contribution is 2.53.